The first-order chi connectivity index (χ1) is 7.97. The Morgan fingerprint density at radius 1 is 1.47 bits per heavy atom. The van der Waals surface area contributed by atoms with Crippen molar-refractivity contribution in [1.29, 1.82) is 0 Å². The molecule has 1 unspecified atom stereocenters. The number of rotatable bonds is 2. The predicted molar refractivity (Wildman–Crippen MR) is 73.1 cm³/mol. The van der Waals surface area contributed by atoms with E-state index in [1.54, 1.807) is 0 Å². The fraction of sp³-hybridized carbons (Fsp3) is 0.571. The van der Waals surface area contributed by atoms with Crippen molar-refractivity contribution in [2.45, 2.75) is 32.9 Å². The molecule has 0 radical (unpaired) electrons. The van der Waals surface area contributed by atoms with Gasteiger partial charge in [0.05, 0.1) is 0 Å². The number of benzene rings is 1. The minimum Gasteiger partial charge on any atom is -0.327 e. The molecule has 1 aliphatic rings. The van der Waals surface area contributed by atoms with Crippen LogP contribution in [0.5, 0.6) is 0 Å². The molecule has 1 aromatic carbocycles. The molecule has 17 heavy (non-hydrogen) atoms. The fourth-order valence-electron chi connectivity index (χ4n) is 2.51. The second kappa shape index (κ2) is 4.97. The zero-order valence-corrected chi connectivity index (χ0v) is 11.4. The molecule has 1 aliphatic heterocycles. The highest BCUT2D eigenvalue weighted by Crippen LogP contribution is 2.28. The van der Waals surface area contributed by atoms with E-state index in [9.17, 15) is 0 Å². The highest BCUT2D eigenvalue weighted by molar-refractivity contribution is 6.30. The number of nitrogens with two attached hydrogens (primary N) is 1. The smallest absolute Gasteiger partial charge is 0.0409 e. The topological polar surface area (TPSA) is 29.3 Å². The van der Waals surface area contributed by atoms with Crippen molar-refractivity contribution in [2.24, 2.45) is 11.1 Å². The Morgan fingerprint density at radius 3 is 2.88 bits per heavy atom. The first-order valence-corrected chi connectivity index (χ1v) is 6.57. The van der Waals surface area contributed by atoms with Crippen LogP contribution in [0.4, 0.5) is 0 Å². The number of nitrogens with zero attached hydrogens (tertiary/aromatic N) is 1. The molecule has 0 amide bonds. The number of halogens is 1. The first-order valence-electron chi connectivity index (χ1n) is 6.20. The number of piperidine rings is 1. The van der Waals surface area contributed by atoms with Crippen molar-refractivity contribution in [3.63, 3.8) is 0 Å². The van der Waals surface area contributed by atoms with Crippen molar-refractivity contribution >= 4 is 11.6 Å². The Bertz CT molecular complexity index is 390. The van der Waals surface area contributed by atoms with Crippen LogP contribution in [0.2, 0.25) is 5.02 Å². The molecule has 0 saturated carbocycles. The lowest BCUT2D eigenvalue weighted by Gasteiger charge is -2.42. The molecule has 1 saturated heterocycles. The molecule has 1 atom stereocenters. The second-order valence-electron chi connectivity index (χ2n) is 5.72. The van der Waals surface area contributed by atoms with E-state index in [1.165, 1.54) is 5.56 Å². The van der Waals surface area contributed by atoms with Gasteiger partial charge in [-0.25, -0.2) is 0 Å². The molecule has 0 aromatic heterocycles. The Morgan fingerprint density at radius 2 is 2.24 bits per heavy atom. The molecule has 2 N–H and O–H groups in total. The van der Waals surface area contributed by atoms with Crippen molar-refractivity contribution in [1.82, 2.24) is 4.90 Å². The normalized spacial score (nSPS) is 24.8. The zero-order chi connectivity index (χ0) is 12.5. The van der Waals surface area contributed by atoms with E-state index < -0.39 is 0 Å². The molecule has 0 spiro atoms. The summed E-state index contributed by atoms with van der Waals surface area (Å²) in [6, 6.07) is 8.42. The minimum atomic E-state index is 0.205. The van der Waals surface area contributed by atoms with Crippen LogP contribution in [-0.4, -0.2) is 24.0 Å². The van der Waals surface area contributed by atoms with Gasteiger partial charge in [0.25, 0.3) is 0 Å². The molecule has 3 heteroatoms. The molecule has 94 valence electrons. The van der Waals surface area contributed by atoms with Gasteiger partial charge in [-0.2, -0.15) is 0 Å². The third-order valence-corrected chi connectivity index (χ3v) is 3.92. The maximum absolute atomic E-state index is 6.14. The van der Waals surface area contributed by atoms with Crippen LogP contribution in [0.25, 0.3) is 0 Å². The number of hydrogen-bond donors (Lipinski definition) is 1. The highest BCUT2D eigenvalue weighted by Gasteiger charge is 2.33. The van der Waals surface area contributed by atoms with Gasteiger partial charge in [0, 0.05) is 30.7 Å². The van der Waals surface area contributed by atoms with Gasteiger partial charge in [0.2, 0.25) is 0 Å². The van der Waals surface area contributed by atoms with Crippen LogP contribution in [-0.2, 0) is 6.54 Å². The van der Waals surface area contributed by atoms with Crippen molar-refractivity contribution in [2.75, 3.05) is 13.1 Å². The van der Waals surface area contributed by atoms with Crippen molar-refractivity contribution in [3.8, 4) is 0 Å². The SMILES string of the molecule is CC1(C)CN(Cc2cccc(Cl)c2)CCC1N. The standard InChI is InChI=1S/C14H21ClN2/c1-14(2)10-17(7-6-13(14)16)9-11-4-3-5-12(15)8-11/h3-5,8,13H,6-7,9-10,16H2,1-2H3. The number of likely N-dealkylation sites (tertiary alicyclic amines) is 1. The van der Waals surface area contributed by atoms with E-state index in [2.05, 4.69) is 24.8 Å². The van der Waals surface area contributed by atoms with Gasteiger partial charge < -0.3 is 5.73 Å². The van der Waals surface area contributed by atoms with Gasteiger partial charge in [-0.1, -0.05) is 37.6 Å². The van der Waals surface area contributed by atoms with Crippen LogP contribution in [0.1, 0.15) is 25.8 Å². The van der Waals surface area contributed by atoms with Gasteiger partial charge in [-0.05, 0) is 29.5 Å². The van der Waals surface area contributed by atoms with E-state index in [-0.39, 0.29) is 5.41 Å². The summed E-state index contributed by atoms with van der Waals surface area (Å²) in [6.45, 7) is 7.61. The van der Waals surface area contributed by atoms with Crippen LogP contribution in [0.15, 0.2) is 24.3 Å². The third-order valence-electron chi connectivity index (χ3n) is 3.69. The van der Waals surface area contributed by atoms with E-state index in [1.807, 2.05) is 18.2 Å². The summed E-state index contributed by atoms with van der Waals surface area (Å²) in [5.41, 5.74) is 7.63. The average molecular weight is 253 g/mol. The van der Waals surface area contributed by atoms with Gasteiger partial charge in [0.1, 0.15) is 0 Å². The van der Waals surface area contributed by atoms with Crippen LogP contribution in [0, 0.1) is 5.41 Å². The summed E-state index contributed by atoms with van der Waals surface area (Å²) >= 11 is 6.00. The quantitative estimate of drug-likeness (QED) is 0.877. The van der Waals surface area contributed by atoms with Gasteiger partial charge >= 0.3 is 0 Å². The first kappa shape index (κ1) is 12.9. The maximum atomic E-state index is 6.14. The molecular formula is C14H21ClN2. The molecule has 0 aliphatic carbocycles. The molecule has 2 nitrogen and oxygen atoms in total. The zero-order valence-electron chi connectivity index (χ0n) is 10.6. The predicted octanol–water partition coefficient (Wildman–Crippen LogP) is 2.90. The van der Waals surface area contributed by atoms with E-state index >= 15 is 0 Å². The monoisotopic (exact) mass is 252 g/mol. The summed E-state index contributed by atoms with van der Waals surface area (Å²) in [7, 11) is 0. The van der Waals surface area contributed by atoms with E-state index in [4.69, 9.17) is 17.3 Å². The molecule has 0 bridgehead atoms. The lowest BCUT2D eigenvalue weighted by atomic mass is 9.79. The molecular weight excluding hydrogens is 232 g/mol. The Hall–Kier alpha value is -0.570. The van der Waals surface area contributed by atoms with Gasteiger partial charge in [-0.15, -0.1) is 0 Å². The van der Waals surface area contributed by atoms with Gasteiger partial charge in [-0.3, -0.25) is 4.90 Å². The Kier molecular flexibility index (Phi) is 3.76. The summed E-state index contributed by atoms with van der Waals surface area (Å²) in [6.07, 6.45) is 1.08. The second-order valence-corrected chi connectivity index (χ2v) is 6.16. The Balaban J connectivity index is 2.01. The van der Waals surface area contributed by atoms with Crippen LogP contribution >= 0.6 is 11.6 Å². The van der Waals surface area contributed by atoms with Crippen molar-refractivity contribution in [3.05, 3.63) is 34.9 Å². The molecule has 1 fully saturated rings. The summed E-state index contributed by atoms with van der Waals surface area (Å²) in [4.78, 5) is 2.47. The summed E-state index contributed by atoms with van der Waals surface area (Å²) < 4.78 is 0. The minimum absolute atomic E-state index is 0.205. The van der Waals surface area contributed by atoms with Crippen LogP contribution < -0.4 is 5.73 Å². The number of hydrogen-bond acceptors (Lipinski definition) is 2. The largest absolute Gasteiger partial charge is 0.327 e. The average Bonchev–Trinajstić information content (AvgIpc) is 2.23. The maximum Gasteiger partial charge on any atom is 0.0409 e. The fourth-order valence-corrected chi connectivity index (χ4v) is 2.73. The molecule has 1 heterocycles. The van der Waals surface area contributed by atoms with Gasteiger partial charge in [0.15, 0.2) is 0 Å². The highest BCUT2D eigenvalue weighted by atomic mass is 35.5. The third kappa shape index (κ3) is 3.21. The van der Waals surface area contributed by atoms with E-state index in [0.29, 0.717) is 6.04 Å². The molecule has 1 aromatic rings. The summed E-state index contributed by atoms with van der Waals surface area (Å²) in [5.74, 6) is 0. The summed E-state index contributed by atoms with van der Waals surface area (Å²) in [5, 5.41) is 0.815. The molecule has 2 rings (SSSR count). The van der Waals surface area contributed by atoms with Crippen LogP contribution in [0.3, 0.4) is 0 Å². The van der Waals surface area contributed by atoms with Crippen molar-refractivity contribution < 1.29 is 0 Å². The lowest BCUT2D eigenvalue weighted by Crippen LogP contribution is -2.52. The Labute approximate surface area is 109 Å². The van der Waals surface area contributed by atoms with E-state index in [0.717, 1.165) is 31.1 Å². The lowest BCUT2D eigenvalue weighted by molar-refractivity contribution is 0.0899.